The molecular formula is C17H23N7S. The Balaban J connectivity index is 1.54. The van der Waals surface area contributed by atoms with E-state index in [1.807, 2.05) is 10.9 Å². The van der Waals surface area contributed by atoms with Gasteiger partial charge in [-0.25, -0.2) is 19.6 Å². The second-order valence-corrected chi connectivity index (χ2v) is 7.37. The molecule has 0 aliphatic carbocycles. The summed E-state index contributed by atoms with van der Waals surface area (Å²) >= 11 is 1.73. The van der Waals surface area contributed by atoms with Crippen molar-refractivity contribution in [2.75, 3.05) is 38.1 Å². The van der Waals surface area contributed by atoms with Crippen LogP contribution in [0.25, 0.3) is 11.0 Å². The summed E-state index contributed by atoms with van der Waals surface area (Å²) in [5.41, 5.74) is 2.05. The van der Waals surface area contributed by atoms with Crippen LogP contribution in [0.1, 0.15) is 17.6 Å². The molecular weight excluding hydrogens is 334 g/mol. The van der Waals surface area contributed by atoms with Gasteiger partial charge in [0.15, 0.2) is 5.65 Å². The maximum atomic E-state index is 4.64. The molecule has 3 aromatic rings. The SMILES string of the molecule is CCc1nc(CCn2ncc3c(N4CCN(C)CC4)ncnc32)cs1. The zero-order valence-corrected chi connectivity index (χ0v) is 15.5. The summed E-state index contributed by atoms with van der Waals surface area (Å²) in [6, 6.07) is 0. The summed E-state index contributed by atoms with van der Waals surface area (Å²) in [6.45, 7) is 7.03. The lowest BCUT2D eigenvalue weighted by Gasteiger charge is -2.33. The second kappa shape index (κ2) is 7.05. The molecule has 0 aromatic carbocycles. The van der Waals surface area contributed by atoms with Crippen LogP contribution in [-0.4, -0.2) is 62.9 Å². The predicted octanol–water partition coefficient (Wildman–Crippen LogP) is 1.84. The van der Waals surface area contributed by atoms with E-state index in [4.69, 9.17) is 0 Å². The Hall–Kier alpha value is -2.06. The molecule has 1 saturated heterocycles. The summed E-state index contributed by atoms with van der Waals surface area (Å²) in [4.78, 5) is 18.3. The van der Waals surface area contributed by atoms with Gasteiger partial charge in [0, 0.05) is 44.5 Å². The number of nitrogens with zero attached hydrogens (tertiary/aromatic N) is 7. The number of aryl methyl sites for hydroxylation is 3. The number of likely N-dealkylation sites (N-methyl/N-ethyl adjacent to an activating group) is 1. The lowest BCUT2D eigenvalue weighted by molar-refractivity contribution is 0.312. The highest BCUT2D eigenvalue weighted by molar-refractivity contribution is 7.09. The van der Waals surface area contributed by atoms with Crippen LogP contribution in [-0.2, 0) is 19.4 Å². The first-order chi connectivity index (χ1) is 12.2. The van der Waals surface area contributed by atoms with Gasteiger partial charge in [0.1, 0.15) is 12.1 Å². The molecule has 25 heavy (non-hydrogen) atoms. The number of anilines is 1. The number of fused-ring (bicyclic) bond motifs is 1. The normalized spacial score (nSPS) is 16.0. The van der Waals surface area contributed by atoms with Crippen molar-refractivity contribution >= 4 is 28.2 Å². The molecule has 0 saturated carbocycles. The number of rotatable bonds is 5. The summed E-state index contributed by atoms with van der Waals surface area (Å²) in [6.07, 6.45) is 5.44. The summed E-state index contributed by atoms with van der Waals surface area (Å²) < 4.78 is 1.97. The van der Waals surface area contributed by atoms with Gasteiger partial charge in [-0.1, -0.05) is 6.92 Å². The van der Waals surface area contributed by atoms with Crippen molar-refractivity contribution < 1.29 is 0 Å². The first-order valence-electron chi connectivity index (χ1n) is 8.78. The highest BCUT2D eigenvalue weighted by atomic mass is 32.1. The fraction of sp³-hybridized carbons (Fsp3) is 0.529. The average molecular weight is 357 g/mol. The van der Waals surface area contributed by atoms with Gasteiger partial charge in [-0.2, -0.15) is 5.10 Å². The van der Waals surface area contributed by atoms with Crippen LogP contribution < -0.4 is 4.90 Å². The van der Waals surface area contributed by atoms with Gasteiger partial charge >= 0.3 is 0 Å². The third kappa shape index (κ3) is 3.36. The molecule has 8 heteroatoms. The van der Waals surface area contributed by atoms with Crippen LogP contribution in [0.3, 0.4) is 0 Å². The third-order valence-corrected chi connectivity index (χ3v) is 5.74. The molecule has 0 amide bonds. The highest BCUT2D eigenvalue weighted by Gasteiger charge is 2.19. The highest BCUT2D eigenvalue weighted by Crippen LogP contribution is 2.23. The van der Waals surface area contributed by atoms with E-state index < -0.39 is 0 Å². The van der Waals surface area contributed by atoms with E-state index in [-0.39, 0.29) is 0 Å². The standard InChI is InChI=1S/C17H23N7S/c1-3-15-21-13(11-25-15)4-5-24-17-14(10-20-24)16(18-12-19-17)23-8-6-22(2)7-9-23/h10-12H,3-9H2,1-2H3. The topological polar surface area (TPSA) is 63.0 Å². The van der Waals surface area contributed by atoms with Gasteiger partial charge in [0.25, 0.3) is 0 Å². The van der Waals surface area contributed by atoms with Crippen molar-refractivity contribution in [2.45, 2.75) is 26.3 Å². The second-order valence-electron chi connectivity index (χ2n) is 6.43. The molecule has 0 bridgehead atoms. The van der Waals surface area contributed by atoms with E-state index in [2.05, 4.69) is 49.2 Å². The van der Waals surface area contributed by atoms with E-state index in [0.29, 0.717) is 0 Å². The lowest BCUT2D eigenvalue weighted by atomic mass is 10.3. The molecule has 0 N–H and O–H groups in total. The molecule has 3 aromatic heterocycles. The minimum Gasteiger partial charge on any atom is -0.353 e. The van der Waals surface area contributed by atoms with Gasteiger partial charge in [-0.15, -0.1) is 11.3 Å². The smallest absolute Gasteiger partial charge is 0.163 e. The zero-order chi connectivity index (χ0) is 17.2. The van der Waals surface area contributed by atoms with Gasteiger partial charge in [-0.05, 0) is 13.5 Å². The first-order valence-corrected chi connectivity index (χ1v) is 9.66. The van der Waals surface area contributed by atoms with Gasteiger partial charge in [-0.3, -0.25) is 0 Å². The Kier molecular flexibility index (Phi) is 4.63. The molecule has 4 heterocycles. The van der Waals surface area contributed by atoms with Crippen molar-refractivity contribution in [3.63, 3.8) is 0 Å². The van der Waals surface area contributed by atoms with E-state index in [1.165, 1.54) is 5.01 Å². The third-order valence-electron chi connectivity index (χ3n) is 4.70. The molecule has 0 atom stereocenters. The van der Waals surface area contributed by atoms with Gasteiger partial charge in [0.05, 0.1) is 22.3 Å². The molecule has 4 rings (SSSR count). The van der Waals surface area contributed by atoms with Crippen LogP contribution in [0.5, 0.6) is 0 Å². The Morgan fingerprint density at radius 2 is 2.00 bits per heavy atom. The summed E-state index contributed by atoms with van der Waals surface area (Å²) in [5, 5.41) is 8.94. The molecule has 0 spiro atoms. The van der Waals surface area contributed by atoms with Crippen LogP contribution in [0.4, 0.5) is 5.82 Å². The van der Waals surface area contributed by atoms with Crippen molar-refractivity contribution in [2.24, 2.45) is 0 Å². The number of thiazole rings is 1. The van der Waals surface area contributed by atoms with E-state index in [9.17, 15) is 0 Å². The van der Waals surface area contributed by atoms with Gasteiger partial charge in [0.2, 0.25) is 0 Å². The van der Waals surface area contributed by atoms with Crippen LogP contribution in [0, 0.1) is 0 Å². The molecule has 1 fully saturated rings. The predicted molar refractivity (Wildman–Crippen MR) is 100 cm³/mol. The molecule has 132 valence electrons. The van der Waals surface area contributed by atoms with Crippen molar-refractivity contribution in [1.82, 2.24) is 29.6 Å². The largest absolute Gasteiger partial charge is 0.353 e. The van der Waals surface area contributed by atoms with Crippen molar-refractivity contribution in [3.8, 4) is 0 Å². The van der Waals surface area contributed by atoms with E-state index >= 15 is 0 Å². The number of piperazine rings is 1. The molecule has 7 nitrogen and oxygen atoms in total. The molecule has 1 aliphatic rings. The molecule has 0 radical (unpaired) electrons. The number of hydrogen-bond donors (Lipinski definition) is 0. The van der Waals surface area contributed by atoms with E-state index in [1.54, 1.807) is 17.7 Å². The van der Waals surface area contributed by atoms with Crippen LogP contribution >= 0.6 is 11.3 Å². The number of hydrogen-bond acceptors (Lipinski definition) is 7. The minimum atomic E-state index is 0.787. The fourth-order valence-electron chi connectivity index (χ4n) is 3.16. The number of aromatic nitrogens is 5. The van der Waals surface area contributed by atoms with Crippen LogP contribution in [0.15, 0.2) is 17.9 Å². The molecule has 0 unspecified atom stereocenters. The molecule has 1 aliphatic heterocycles. The summed E-state index contributed by atoms with van der Waals surface area (Å²) in [7, 11) is 2.16. The Morgan fingerprint density at radius 3 is 2.76 bits per heavy atom. The van der Waals surface area contributed by atoms with Crippen molar-refractivity contribution in [1.29, 1.82) is 0 Å². The maximum absolute atomic E-state index is 4.64. The quantitative estimate of drug-likeness (QED) is 0.694. The first kappa shape index (κ1) is 16.4. The van der Waals surface area contributed by atoms with Gasteiger partial charge < -0.3 is 9.80 Å². The van der Waals surface area contributed by atoms with Crippen molar-refractivity contribution in [3.05, 3.63) is 28.6 Å². The van der Waals surface area contributed by atoms with E-state index in [0.717, 1.165) is 68.1 Å². The Bertz CT molecular complexity index is 848. The minimum absolute atomic E-state index is 0.787. The fourth-order valence-corrected chi connectivity index (χ4v) is 3.94. The average Bonchev–Trinajstić information content (AvgIpc) is 3.27. The Labute approximate surface area is 151 Å². The zero-order valence-electron chi connectivity index (χ0n) is 14.7. The maximum Gasteiger partial charge on any atom is 0.163 e. The van der Waals surface area contributed by atoms with Crippen LogP contribution in [0.2, 0.25) is 0 Å². The Morgan fingerprint density at radius 1 is 1.16 bits per heavy atom. The summed E-state index contributed by atoms with van der Waals surface area (Å²) in [5.74, 6) is 1.01. The lowest BCUT2D eigenvalue weighted by Crippen LogP contribution is -2.44. The monoisotopic (exact) mass is 357 g/mol.